The molecule has 1 aliphatic heterocycles. The molecule has 0 atom stereocenters. The molecule has 0 saturated heterocycles. The molecule has 0 radical (unpaired) electrons. The highest BCUT2D eigenvalue weighted by Gasteiger charge is 2.36. The van der Waals surface area contributed by atoms with E-state index in [1.165, 1.54) is 0 Å². The summed E-state index contributed by atoms with van der Waals surface area (Å²) in [7, 11) is 0. The summed E-state index contributed by atoms with van der Waals surface area (Å²) in [4.78, 5) is 25.7. The number of carbonyl (C=O) groups is 2. The second-order valence-electron chi connectivity index (χ2n) is 4.99. The molecule has 3 rings (SSSR count). The predicted molar refractivity (Wildman–Crippen MR) is 78.0 cm³/mol. The zero-order valence-electron chi connectivity index (χ0n) is 11.3. The van der Waals surface area contributed by atoms with E-state index in [9.17, 15) is 9.59 Å². The maximum absolute atomic E-state index is 12.1. The molecule has 0 unspecified atom stereocenters. The minimum absolute atomic E-state index is 0.392. The van der Waals surface area contributed by atoms with E-state index in [2.05, 4.69) is 0 Å². The van der Waals surface area contributed by atoms with Gasteiger partial charge in [0, 0.05) is 6.54 Å². The van der Waals surface area contributed by atoms with Gasteiger partial charge in [-0.15, -0.1) is 0 Å². The van der Waals surface area contributed by atoms with Gasteiger partial charge < -0.3 is 4.90 Å². The lowest BCUT2D eigenvalue weighted by molar-refractivity contribution is -0.114. The monoisotopic (exact) mass is 265 g/mol. The minimum Gasteiger partial charge on any atom is -0.304 e. The number of carbonyl (C=O) groups excluding carboxylic acids is 2. The first kappa shape index (κ1) is 12.6. The number of para-hydroxylation sites is 1. The molecular weight excluding hydrogens is 250 g/mol. The lowest BCUT2D eigenvalue weighted by atomic mass is 10.1. The standard InChI is InChI=1S/C17H15NO2/c1-12-6-5-9-14-15(12)18(17(20)16(14)19)11-10-13-7-3-2-4-8-13/h2-9H,10-11H2,1H3. The van der Waals surface area contributed by atoms with Gasteiger partial charge in [-0.2, -0.15) is 0 Å². The molecule has 0 fully saturated rings. The minimum atomic E-state index is -0.412. The molecule has 2 aromatic rings. The van der Waals surface area contributed by atoms with Crippen molar-refractivity contribution in [2.24, 2.45) is 0 Å². The highest BCUT2D eigenvalue weighted by Crippen LogP contribution is 2.32. The second kappa shape index (κ2) is 4.93. The zero-order chi connectivity index (χ0) is 14.1. The van der Waals surface area contributed by atoms with E-state index in [-0.39, 0.29) is 0 Å². The molecule has 3 heteroatoms. The number of amides is 1. The van der Waals surface area contributed by atoms with Crippen LogP contribution in [0.4, 0.5) is 5.69 Å². The smallest absolute Gasteiger partial charge is 0.299 e. The van der Waals surface area contributed by atoms with E-state index in [1.807, 2.05) is 49.4 Å². The first-order chi connectivity index (χ1) is 9.68. The topological polar surface area (TPSA) is 37.4 Å². The Morgan fingerprint density at radius 1 is 0.950 bits per heavy atom. The van der Waals surface area contributed by atoms with Crippen LogP contribution >= 0.6 is 0 Å². The molecule has 0 aliphatic carbocycles. The molecule has 2 aromatic carbocycles. The number of fused-ring (bicyclic) bond motifs is 1. The highest BCUT2D eigenvalue weighted by atomic mass is 16.2. The van der Waals surface area contributed by atoms with Crippen LogP contribution in [0.1, 0.15) is 21.5 Å². The van der Waals surface area contributed by atoms with Gasteiger partial charge >= 0.3 is 0 Å². The number of rotatable bonds is 3. The molecule has 20 heavy (non-hydrogen) atoms. The fraction of sp³-hybridized carbons (Fsp3) is 0.176. The highest BCUT2D eigenvalue weighted by molar-refractivity contribution is 6.52. The molecule has 1 heterocycles. The van der Waals surface area contributed by atoms with Crippen molar-refractivity contribution in [2.75, 3.05) is 11.4 Å². The molecule has 0 N–H and O–H groups in total. The van der Waals surface area contributed by atoms with Crippen molar-refractivity contribution in [3.8, 4) is 0 Å². The van der Waals surface area contributed by atoms with E-state index in [0.29, 0.717) is 12.1 Å². The van der Waals surface area contributed by atoms with Gasteiger partial charge in [0.1, 0.15) is 0 Å². The normalized spacial score (nSPS) is 13.8. The van der Waals surface area contributed by atoms with Gasteiger partial charge in [-0.25, -0.2) is 0 Å². The first-order valence-corrected chi connectivity index (χ1v) is 6.68. The molecule has 0 aromatic heterocycles. The number of nitrogens with zero attached hydrogens (tertiary/aromatic N) is 1. The van der Waals surface area contributed by atoms with Crippen molar-refractivity contribution >= 4 is 17.4 Å². The van der Waals surface area contributed by atoms with Gasteiger partial charge in [-0.1, -0.05) is 42.5 Å². The SMILES string of the molecule is Cc1cccc2c1N(CCc1ccccc1)C(=O)C2=O. The van der Waals surface area contributed by atoms with Crippen LogP contribution in [0.3, 0.4) is 0 Å². The van der Waals surface area contributed by atoms with Crippen molar-refractivity contribution in [3.63, 3.8) is 0 Å². The van der Waals surface area contributed by atoms with Crippen LogP contribution in [-0.4, -0.2) is 18.2 Å². The summed E-state index contributed by atoms with van der Waals surface area (Å²) in [5.41, 5.74) is 3.44. The summed E-state index contributed by atoms with van der Waals surface area (Å²) >= 11 is 0. The predicted octanol–water partition coefficient (Wildman–Crippen LogP) is 2.77. The average molecular weight is 265 g/mol. The second-order valence-corrected chi connectivity index (χ2v) is 4.99. The third-order valence-corrected chi connectivity index (χ3v) is 3.66. The molecule has 3 nitrogen and oxygen atoms in total. The summed E-state index contributed by atoms with van der Waals surface area (Å²) in [5.74, 6) is -0.804. The summed E-state index contributed by atoms with van der Waals surface area (Å²) in [5, 5.41) is 0. The average Bonchev–Trinajstić information content (AvgIpc) is 2.72. The third kappa shape index (κ3) is 2.01. The Bertz CT molecular complexity index is 677. The van der Waals surface area contributed by atoms with Gasteiger partial charge in [0.05, 0.1) is 11.3 Å². The first-order valence-electron chi connectivity index (χ1n) is 6.68. The van der Waals surface area contributed by atoms with Crippen molar-refractivity contribution in [1.82, 2.24) is 0 Å². The summed E-state index contributed by atoms with van der Waals surface area (Å²) in [6.45, 7) is 2.46. The summed E-state index contributed by atoms with van der Waals surface area (Å²) in [6, 6.07) is 15.5. The van der Waals surface area contributed by atoms with E-state index < -0.39 is 11.7 Å². The van der Waals surface area contributed by atoms with Crippen molar-refractivity contribution in [1.29, 1.82) is 0 Å². The van der Waals surface area contributed by atoms with Crippen LogP contribution in [0.25, 0.3) is 0 Å². The number of hydrogen-bond donors (Lipinski definition) is 0. The number of hydrogen-bond acceptors (Lipinski definition) is 2. The fourth-order valence-corrected chi connectivity index (χ4v) is 2.64. The zero-order valence-corrected chi connectivity index (χ0v) is 11.3. The van der Waals surface area contributed by atoms with Gasteiger partial charge in [0.15, 0.2) is 0 Å². The largest absolute Gasteiger partial charge is 0.304 e. The van der Waals surface area contributed by atoms with Crippen LogP contribution in [0.15, 0.2) is 48.5 Å². The van der Waals surface area contributed by atoms with Crippen LogP contribution in [0.2, 0.25) is 0 Å². The summed E-state index contributed by atoms with van der Waals surface area (Å²) in [6.07, 6.45) is 0.744. The molecule has 100 valence electrons. The Balaban J connectivity index is 1.88. The summed E-state index contributed by atoms with van der Waals surface area (Å²) < 4.78 is 0. The van der Waals surface area contributed by atoms with Crippen molar-refractivity contribution in [3.05, 3.63) is 65.2 Å². The lowest BCUT2D eigenvalue weighted by Crippen LogP contribution is -2.32. The number of benzene rings is 2. The Morgan fingerprint density at radius 3 is 2.45 bits per heavy atom. The number of ketones is 1. The molecule has 0 saturated carbocycles. The quantitative estimate of drug-likeness (QED) is 0.800. The van der Waals surface area contributed by atoms with Crippen LogP contribution in [-0.2, 0) is 11.2 Å². The fourth-order valence-electron chi connectivity index (χ4n) is 2.64. The number of anilines is 1. The van der Waals surface area contributed by atoms with Gasteiger partial charge in [-0.3, -0.25) is 9.59 Å². The maximum Gasteiger partial charge on any atom is 0.299 e. The maximum atomic E-state index is 12.1. The molecule has 0 bridgehead atoms. The van der Waals surface area contributed by atoms with E-state index in [1.54, 1.807) is 11.0 Å². The Hall–Kier alpha value is -2.42. The van der Waals surface area contributed by atoms with Crippen LogP contribution < -0.4 is 4.90 Å². The van der Waals surface area contributed by atoms with Crippen LogP contribution in [0, 0.1) is 6.92 Å². The van der Waals surface area contributed by atoms with E-state index in [0.717, 1.165) is 23.2 Å². The lowest BCUT2D eigenvalue weighted by Gasteiger charge is -2.18. The molecular formula is C17H15NO2. The van der Waals surface area contributed by atoms with Crippen molar-refractivity contribution in [2.45, 2.75) is 13.3 Å². The number of aryl methyl sites for hydroxylation is 1. The molecule has 1 aliphatic rings. The van der Waals surface area contributed by atoms with Gasteiger partial charge in [0.2, 0.25) is 0 Å². The van der Waals surface area contributed by atoms with Crippen LogP contribution in [0.5, 0.6) is 0 Å². The van der Waals surface area contributed by atoms with Gasteiger partial charge in [-0.05, 0) is 30.5 Å². The molecule has 0 spiro atoms. The Kier molecular flexibility index (Phi) is 3.11. The van der Waals surface area contributed by atoms with E-state index in [4.69, 9.17) is 0 Å². The van der Waals surface area contributed by atoms with E-state index >= 15 is 0 Å². The Morgan fingerprint density at radius 2 is 1.70 bits per heavy atom. The third-order valence-electron chi connectivity index (χ3n) is 3.66. The number of Topliss-reactive ketones (excluding diaryl/α,β-unsaturated/α-hetero) is 1. The molecule has 1 amide bonds. The van der Waals surface area contributed by atoms with Crippen molar-refractivity contribution < 1.29 is 9.59 Å². The van der Waals surface area contributed by atoms with Gasteiger partial charge in [0.25, 0.3) is 11.7 Å². The Labute approximate surface area is 117 Å².